The summed E-state index contributed by atoms with van der Waals surface area (Å²) >= 11 is 1.47. The van der Waals surface area contributed by atoms with Gasteiger partial charge in [-0.15, -0.1) is 19.8 Å². The van der Waals surface area contributed by atoms with Crippen LogP contribution in [0, 0.1) is 19.1 Å². The Morgan fingerprint density at radius 2 is 1.65 bits per heavy atom. The Morgan fingerprint density at radius 3 is 1.91 bits per heavy atom. The van der Waals surface area contributed by atoms with Gasteiger partial charge in [-0.1, -0.05) is 6.92 Å². The molecule has 0 saturated heterocycles. The molecule has 0 spiro atoms. The van der Waals surface area contributed by atoms with Gasteiger partial charge in [0, 0.05) is 0 Å². The second kappa shape index (κ2) is 15.1. The topological polar surface area (TPSA) is 0 Å². The van der Waals surface area contributed by atoms with E-state index in [9.17, 15) is 0 Å². The first-order valence-corrected chi connectivity index (χ1v) is 8.57. The molecule has 122 valence electrons. The van der Waals surface area contributed by atoms with E-state index in [-0.39, 0.29) is 24.8 Å². The summed E-state index contributed by atoms with van der Waals surface area (Å²) in [6.45, 7) is 6.37. The minimum atomic E-state index is 0. The molecule has 0 fully saturated rings. The standard InChI is InChI=1S/C8H8.C7H9.C5H5.2ClH.Zr/c1-7-3-5-8(2)6-4-7;1-6-4-3-5-7(6)2;1-2-4-5-3-1;;;/h1,3-6H,2H3;4H,5H2,1-2H3;1-3H,4H2;2*1H;/q;2*-1;;;+2/p-2. The van der Waals surface area contributed by atoms with E-state index >= 15 is 0 Å². The van der Waals surface area contributed by atoms with Gasteiger partial charge in [0.15, 0.2) is 0 Å². The maximum absolute atomic E-state index is 3.12. The van der Waals surface area contributed by atoms with Gasteiger partial charge in [0.05, 0.1) is 0 Å². The normalized spacial score (nSPS) is 13.3. The maximum atomic E-state index is 3.12. The summed E-state index contributed by atoms with van der Waals surface area (Å²) in [4.78, 5) is 0. The molecular formula is C20H22Cl2Zr-2. The average molecular weight is 425 g/mol. The second-order valence-electron chi connectivity index (χ2n) is 5.05. The summed E-state index contributed by atoms with van der Waals surface area (Å²) in [6, 6.07) is 8.56. The molecule has 0 saturated carbocycles. The van der Waals surface area contributed by atoms with Crippen LogP contribution >= 0.6 is 0 Å². The molecule has 0 unspecified atom stereocenters. The molecule has 3 rings (SSSR count). The third-order valence-electron chi connectivity index (χ3n) is 3.19. The summed E-state index contributed by atoms with van der Waals surface area (Å²) in [5.74, 6) is 0. The molecule has 0 atom stereocenters. The van der Waals surface area contributed by atoms with Gasteiger partial charge < -0.3 is 24.8 Å². The molecule has 0 nitrogen and oxygen atoms in total. The van der Waals surface area contributed by atoms with E-state index in [0.717, 1.165) is 12.8 Å². The maximum Gasteiger partial charge on any atom is -0.109 e. The van der Waals surface area contributed by atoms with Crippen LogP contribution in [0.5, 0.6) is 0 Å². The molecule has 0 amide bonds. The minimum absolute atomic E-state index is 0. The number of hydrogen-bond donors (Lipinski definition) is 0. The molecule has 0 aliphatic heterocycles. The monoisotopic (exact) mass is 422 g/mol. The molecule has 0 bridgehead atoms. The van der Waals surface area contributed by atoms with Crippen molar-refractivity contribution in [3.63, 3.8) is 0 Å². The fourth-order valence-electron chi connectivity index (χ4n) is 1.62. The zero-order valence-corrected chi connectivity index (χ0v) is 17.8. The van der Waals surface area contributed by atoms with E-state index in [1.807, 2.05) is 12.2 Å². The van der Waals surface area contributed by atoms with Crippen molar-refractivity contribution in [1.82, 2.24) is 0 Å². The van der Waals surface area contributed by atoms with Crippen molar-refractivity contribution in [2.24, 2.45) is 0 Å². The van der Waals surface area contributed by atoms with Crippen molar-refractivity contribution in [3.05, 3.63) is 83.0 Å². The summed E-state index contributed by atoms with van der Waals surface area (Å²) in [7, 11) is 0. The zero-order valence-electron chi connectivity index (χ0n) is 13.9. The molecule has 3 heteroatoms. The molecule has 2 aliphatic rings. The van der Waals surface area contributed by atoms with Crippen molar-refractivity contribution < 1.29 is 49.0 Å². The first-order valence-electron chi connectivity index (χ1n) is 7.15. The third-order valence-corrected chi connectivity index (χ3v) is 4.01. The Balaban J connectivity index is 0. The summed E-state index contributed by atoms with van der Waals surface area (Å²) < 4.78 is 2.19. The summed E-state index contributed by atoms with van der Waals surface area (Å²) in [6.07, 6.45) is 16.2. The molecule has 0 N–H and O–H groups in total. The first kappa shape index (κ1) is 24.8. The van der Waals surface area contributed by atoms with E-state index in [1.165, 1.54) is 46.5 Å². The predicted octanol–water partition coefficient (Wildman–Crippen LogP) is -0.908. The van der Waals surface area contributed by atoms with Crippen LogP contribution in [0.2, 0.25) is 0 Å². The fourth-order valence-corrected chi connectivity index (χ4v) is 2.10. The van der Waals surface area contributed by atoms with E-state index in [2.05, 4.69) is 73.0 Å². The Labute approximate surface area is 168 Å². The van der Waals surface area contributed by atoms with Gasteiger partial charge in [-0.25, -0.2) is 23.8 Å². The average Bonchev–Trinajstić information content (AvgIpc) is 3.17. The van der Waals surface area contributed by atoms with Crippen molar-refractivity contribution in [1.29, 1.82) is 0 Å². The van der Waals surface area contributed by atoms with Crippen LogP contribution in [0.1, 0.15) is 37.8 Å². The third kappa shape index (κ3) is 11.7. The predicted molar refractivity (Wildman–Crippen MR) is 88.7 cm³/mol. The molecule has 1 aromatic rings. The van der Waals surface area contributed by atoms with Crippen LogP contribution in [0.3, 0.4) is 0 Å². The van der Waals surface area contributed by atoms with E-state index in [1.54, 1.807) is 0 Å². The van der Waals surface area contributed by atoms with Crippen molar-refractivity contribution in [3.8, 4) is 0 Å². The smallest absolute Gasteiger partial charge is 0.109 e. The van der Waals surface area contributed by atoms with Crippen LogP contribution in [0.4, 0.5) is 0 Å². The van der Waals surface area contributed by atoms with Gasteiger partial charge in [0.2, 0.25) is 0 Å². The van der Waals surface area contributed by atoms with Crippen molar-refractivity contribution in [2.75, 3.05) is 0 Å². The molecule has 2 aliphatic carbocycles. The number of benzene rings is 1. The van der Waals surface area contributed by atoms with Crippen LogP contribution in [0.25, 0.3) is 0 Å². The summed E-state index contributed by atoms with van der Waals surface area (Å²) in [5, 5.41) is 0. The largest absolute Gasteiger partial charge is 1.00 e. The first-order chi connectivity index (χ1) is 10.1. The van der Waals surface area contributed by atoms with Crippen LogP contribution in [-0.4, -0.2) is 3.71 Å². The van der Waals surface area contributed by atoms with E-state index < -0.39 is 0 Å². The molecule has 0 heterocycles. The Hall–Kier alpha value is -0.487. The quantitative estimate of drug-likeness (QED) is 0.513. The summed E-state index contributed by atoms with van der Waals surface area (Å²) in [5.41, 5.74) is 5.51. The molecule has 0 radical (unpaired) electrons. The van der Waals surface area contributed by atoms with E-state index in [0.29, 0.717) is 0 Å². The number of hydrogen-bond acceptors (Lipinski definition) is 0. The van der Waals surface area contributed by atoms with Gasteiger partial charge in [0.25, 0.3) is 0 Å². The number of halogens is 2. The van der Waals surface area contributed by atoms with Gasteiger partial charge >= 0.3 is 70.3 Å². The van der Waals surface area contributed by atoms with Crippen molar-refractivity contribution >= 4 is 3.71 Å². The van der Waals surface area contributed by atoms with E-state index in [4.69, 9.17) is 0 Å². The molecule has 1 aromatic carbocycles. The van der Waals surface area contributed by atoms with Crippen LogP contribution in [0.15, 0.2) is 59.7 Å². The SMILES string of the molecule is CC1=C(C)C[C-]=C1.Cc1ccc([CH]=[Zr+2])cc1.[C-]1=CC=CC1.[Cl-].[Cl-]. The fraction of sp³-hybridized carbons (Fsp3) is 0.250. The van der Waals surface area contributed by atoms with Gasteiger partial charge in [-0.05, 0) is 0 Å². The molecule has 23 heavy (non-hydrogen) atoms. The Kier molecular flexibility index (Phi) is 16.2. The minimum Gasteiger partial charge on any atom is -1.00 e. The van der Waals surface area contributed by atoms with Crippen LogP contribution in [-0.2, 0) is 24.2 Å². The molecular weight excluding hydrogens is 402 g/mol. The Bertz CT molecular complexity index is 554. The van der Waals surface area contributed by atoms with Crippen molar-refractivity contribution in [2.45, 2.75) is 33.6 Å². The number of rotatable bonds is 1. The zero-order chi connectivity index (χ0) is 15.5. The Morgan fingerprint density at radius 1 is 1.00 bits per heavy atom. The number of allylic oxidation sites excluding steroid dienone is 8. The van der Waals surface area contributed by atoms with Gasteiger partial charge in [-0.3, -0.25) is 12.2 Å². The van der Waals surface area contributed by atoms with Gasteiger partial charge in [0.1, 0.15) is 0 Å². The second-order valence-corrected chi connectivity index (χ2v) is 5.76. The molecule has 0 aromatic heterocycles. The number of aryl methyl sites for hydroxylation is 1. The van der Waals surface area contributed by atoms with Crippen LogP contribution < -0.4 is 24.8 Å². The van der Waals surface area contributed by atoms with Gasteiger partial charge in [-0.2, -0.15) is 11.6 Å².